The molecule has 1 fully saturated rings. The average Bonchev–Trinajstić information content (AvgIpc) is 3.09. The number of amides is 1. The smallest absolute Gasteiger partial charge is 0.255 e. The van der Waals surface area contributed by atoms with Crippen molar-refractivity contribution in [1.29, 1.82) is 0 Å². The summed E-state index contributed by atoms with van der Waals surface area (Å²) in [5.41, 5.74) is 2.41. The van der Waals surface area contributed by atoms with Crippen LogP contribution in [0.15, 0.2) is 42.5 Å². The van der Waals surface area contributed by atoms with Crippen molar-refractivity contribution in [1.82, 2.24) is 4.90 Å². The average molecular weight is 345 g/mol. The van der Waals surface area contributed by atoms with Gasteiger partial charge in [-0.25, -0.2) is 0 Å². The number of likely N-dealkylation sites (tertiary alicyclic amines) is 1. The van der Waals surface area contributed by atoms with Gasteiger partial charge in [0.2, 0.25) is 0 Å². The maximum absolute atomic E-state index is 12.4. The van der Waals surface area contributed by atoms with Gasteiger partial charge < -0.3 is 10.1 Å². The van der Waals surface area contributed by atoms with Crippen LogP contribution in [0.5, 0.6) is 5.75 Å². The first kappa shape index (κ1) is 16.8. The summed E-state index contributed by atoms with van der Waals surface area (Å²) < 4.78 is 5.25. The van der Waals surface area contributed by atoms with E-state index in [1.54, 1.807) is 25.3 Å². The maximum Gasteiger partial charge on any atom is 0.255 e. The quantitative estimate of drug-likeness (QED) is 0.884. The van der Waals surface area contributed by atoms with Crippen molar-refractivity contribution in [2.75, 3.05) is 25.5 Å². The minimum atomic E-state index is -0.178. The van der Waals surface area contributed by atoms with Gasteiger partial charge in [-0.15, -0.1) is 0 Å². The molecule has 1 heterocycles. The van der Waals surface area contributed by atoms with Crippen molar-refractivity contribution in [3.05, 3.63) is 58.6 Å². The molecule has 0 bridgehead atoms. The Morgan fingerprint density at radius 3 is 2.54 bits per heavy atom. The lowest BCUT2D eigenvalue weighted by Crippen LogP contribution is -2.18. The lowest BCUT2D eigenvalue weighted by Gasteiger charge is -2.15. The van der Waals surface area contributed by atoms with Crippen LogP contribution in [0.1, 0.15) is 28.8 Å². The minimum Gasteiger partial charge on any atom is -0.495 e. The maximum atomic E-state index is 12.4. The first-order chi connectivity index (χ1) is 11.7. The number of nitrogens with one attached hydrogen (secondary N) is 1. The highest BCUT2D eigenvalue weighted by molar-refractivity contribution is 6.31. The lowest BCUT2D eigenvalue weighted by atomic mass is 10.1. The van der Waals surface area contributed by atoms with Gasteiger partial charge in [-0.3, -0.25) is 9.69 Å². The van der Waals surface area contributed by atoms with E-state index in [0.29, 0.717) is 22.0 Å². The van der Waals surface area contributed by atoms with E-state index < -0.39 is 0 Å². The third kappa shape index (κ3) is 4.08. The molecule has 0 saturated carbocycles. The summed E-state index contributed by atoms with van der Waals surface area (Å²) in [6.45, 7) is 3.28. The Bertz CT molecular complexity index is 710. The van der Waals surface area contributed by atoms with E-state index >= 15 is 0 Å². The van der Waals surface area contributed by atoms with E-state index in [9.17, 15) is 4.79 Å². The third-order valence-electron chi connectivity index (χ3n) is 4.23. The molecule has 2 aromatic rings. The van der Waals surface area contributed by atoms with Crippen LogP contribution in [-0.2, 0) is 6.54 Å². The van der Waals surface area contributed by atoms with Crippen LogP contribution < -0.4 is 10.1 Å². The summed E-state index contributed by atoms with van der Waals surface area (Å²) in [5.74, 6) is 0.404. The molecule has 4 nitrogen and oxygen atoms in total. The fourth-order valence-electron chi connectivity index (χ4n) is 2.93. The number of carbonyl (C=O) groups is 1. The fraction of sp³-hybridized carbons (Fsp3) is 0.316. The highest BCUT2D eigenvalue weighted by Crippen LogP contribution is 2.28. The molecule has 0 spiro atoms. The third-order valence-corrected chi connectivity index (χ3v) is 4.47. The number of anilines is 1. The molecule has 2 aromatic carbocycles. The van der Waals surface area contributed by atoms with Gasteiger partial charge in [-0.2, -0.15) is 0 Å². The van der Waals surface area contributed by atoms with Crippen LogP contribution in [0.2, 0.25) is 5.02 Å². The highest BCUT2D eigenvalue weighted by atomic mass is 35.5. The van der Waals surface area contributed by atoms with Gasteiger partial charge >= 0.3 is 0 Å². The van der Waals surface area contributed by atoms with Crippen molar-refractivity contribution >= 4 is 23.2 Å². The molecule has 1 aliphatic heterocycles. The molecule has 1 N–H and O–H groups in total. The summed E-state index contributed by atoms with van der Waals surface area (Å²) in [4.78, 5) is 14.9. The van der Waals surface area contributed by atoms with Crippen LogP contribution >= 0.6 is 11.6 Å². The van der Waals surface area contributed by atoms with E-state index in [1.165, 1.54) is 18.4 Å². The summed E-state index contributed by atoms with van der Waals surface area (Å²) >= 11 is 5.99. The minimum absolute atomic E-state index is 0.178. The van der Waals surface area contributed by atoms with Gasteiger partial charge in [-0.1, -0.05) is 23.7 Å². The molecule has 3 rings (SSSR count). The lowest BCUT2D eigenvalue weighted by molar-refractivity contribution is 0.102. The molecule has 5 heteroatoms. The summed E-state index contributed by atoms with van der Waals surface area (Å²) in [7, 11) is 1.56. The first-order valence-corrected chi connectivity index (χ1v) is 8.50. The Hall–Kier alpha value is -2.04. The number of rotatable bonds is 5. The second-order valence-corrected chi connectivity index (χ2v) is 6.42. The van der Waals surface area contributed by atoms with Gasteiger partial charge in [0, 0.05) is 17.1 Å². The molecule has 1 amide bonds. The number of benzene rings is 2. The molecule has 1 saturated heterocycles. The Balaban J connectivity index is 1.67. The standard InChI is InChI=1S/C19H21ClN2O2/c1-24-18-9-8-16(20)12-17(18)21-19(23)15-6-4-14(5-7-15)13-22-10-2-3-11-22/h4-9,12H,2-3,10-11,13H2,1H3,(H,21,23). The van der Waals surface area contributed by atoms with E-state index in [0.717, 1.165) is 19.6 Å². The van der Waals surface area contributed by atoms with Gasteiger partial charge in [-0.05, 0) is 61.8 Å². The Morgan fingerprint density at radius 2 is 1.88 bits per heavy atom. The summed E-state index contributed by atoms with van der Waals surface area (Å²) in [5, 5.41) is 3.40. The van der Waals surface area contributed by atoms with Gasteiger partial charge in [0.15, 0.2) is 0 Å². The van der Waals surface area contributed by atoms with Crippen LogP contribution in [0.25, 0.3) is 0 Å². The predicted molar refractivity (Wildman–Crippen MR) is 96.9 cm³/mol. The Morgan fingerprint density at radius 1 is 1.17 bits per heavy atom. The molecule has 0 atom stereocenters. The van der Waals surface area contributed by atoms with Crippen molar-refractivity contribution in [3.8, 4) is 5.75 Å². The Kier molecular flexibility index (Phi) is 5.38. The number of hydrogen-bond acceptors (Lipinski definition) is 3. The van der Waals surface area contributed by atoms with Crippen molar-refractivity contribution in [2.45, 2.75) is 19.4 Å². The van der Waals surface area contributed by atoms with E-state index in [1.807, 2.05) is 24.3 Å². The molecule has 0 aromatic heterocycles. The van der Waals surface area contributed by atoms with Crippen LogP contribution in [-0.4, -0.2) is 31.0 Å². The van der Waals surface area contributed by atoms with Crippen molar-refractivity contribution < 1.29 is 9.53 Å². The Labute approximate surface area is 147 Å². The number of halogens is 1. The van der Waals surface area contributed by atoms with Crippen LogP contribution in [0.4, 0.5) is 5.69 Å². The molecule has 1 aliphatic rings. The van der Waals surface area contributed by atoms with Crippen LogP contribution in [0.3, 0.4) is 0 Å². The van der Waals surface area contributed by atoms with Gasteiger partial charge in [0.1, 0.15) is 5.75 Å². The molecule has 0 unspecified atom stereocenters. The molecular formula is C19H21ClN2O2. The number of nitrogens with zero attached hydrogens (tertiary/aromatic N) is 1. The topological polar surface area (TPSA) is 41.6 Å². The van der Waals surface area contributed by atoms with E-state index in [-0.39, 0.29) is 5.91 Å². The number of hydrogen-bond donors (Lipinski definition) is 1. The number of methoxy groups -OCH3 is 1. The normalized spacial score (nSPS) is 14.6. The highest BCUT2D eigenvalue weighted by Gasteiger charge is 2.13. The molecular weight excluding hydrogens is 324 g/mol. The predicted octanol–water partition coefficient (Wildman–Crippen LogP) is 4.20. The summed E-state index contributed by atoms with van der Waals surface area (Å²) in [6.07, 6.45) is 2.56. The SMILES string of the molecule is COc1ccc(Cl)cc1NC(=O)c1ccc(CN2CCCC2)cc1. The number of carbonyl (C=O) groups excluding carboxylic acids is 1. The zero-order valence-electron chi connectivity index (χ0n) is 13.7. The van der Waals surface area contributed by atoms with E-state index in [2.05, 4.69) is 10.2 Å². The zero-order valence-corrected chi connectivity index (χ0v) is 14.5. The molecule has 0 radical (unpaired) electrons. The summed E-state index contributed by atoms with van der Waals surface area (Å²) in [6, 6.07) is 12.9. The fourth-order valence-corrected chi connectivity index (χ4v) is 3.10. The molecule has 0 aliphatic carbocycles. The molecule has 126 valence electrons. The molecule has 24 heavy (non-hydrogen) atoms. The van der Waals surface area contributed by atoms with Gasteiger partial charge in [0.05, 0.1) is 12.8 Å². The first-order valence-electron chi connectivity index (χ1n) is 8.12. The number of ether oxygens (including phenoxy) is 1. The van der Waals surface area contributed by atoms with E-state index in [4.69, 9.17) is 16.3 Å². The van der Waals surface area contributed by atoms with Crippen molar-refractivity contribution in [2.24, 2.45) is 0 Å². The van der Waals surface area contributed by atoms with Crippen molar-refractivity contribution in [3.63, 3.8) is 0 Å². The monoisotopic (exact) mass is 344 g/mol. The second kappa shape index (κ2) is 7.69. The van der Waals surface area contributed by atoms with Crippen LogP contribution in [0, 0.1) is 0 Å². The largest absolute Gasteiger partial charge is 0.495 e. The second-order valence-electron chi connectivity index (χ2n) is 5.98. The zero-order chi connectivity index (χ0) is 16.9. The van der Waals surface area contributed by atoms with Gasteiger partial charge in [0.25, 0.3) is 5.91 Å².